The number of carbonyl (C=O) groups is 3. The van der Waals surface area contributed by atoms with E-state index >= 15 is 0 Å². The molecule has 4 rings (SSSR count). The van der Waals surface area contributed by atoms with Crippen molar-refractivity contribution in [2.45, 2.75) is 32.7 Å². The Morgan fingerprint density at radius 2 is 1.86 bits per heavy atom. The van der Waals surface area contributed by atoms with Crippen LogP contribution in [0.25, 0.3) is 0 Å². The second-order valence-corrected chi connectivity index (χ2v) is 7.82. The van der Waals surface area contributed by atoms with Gasteiger partial charge in [-0.1, -0.05) is 49.4 Å². The molecule has 3 aromatic rings. The number of likely N-dealkylation sites (N-methyl/N-ethyl adjacent to an activating group) is 1. The highest BCUT2D eigenvalue weighted by atomic mass is 16.5. The van der Waals surface area contributed by atoms with Gasteiger partial charge in [0.15, 0.2) is 0 Å². The summed E-state index contributed by atoms with van der Waals surface area (Å²) in [6.45, 7) is 3.96. The predicted molar refractivity (Wildman–Crippen MR) is 129 cm³/mol. The largest absolute Gasteiger partial charge is 0.489 e. The van der Waals surface area contributed by atoms with Crippen LogP contribution in [0.4, 0.5) is 5.69 Å². The molecule has 0 aliphatic carbocycles. The van der Waals surface area contributed by atoms with Crippen LogP contribution >= 0.6 is 0 Å². The molecular formula is C25H29N5O5. The van der Waals surface area contributed by atoms with E-state index in [1.807, 2.05) is 49.4 Å². The van der Waals surface area contributed by atoms with Crippen LogP contribution in [0.5, 0.6) is 5.75 Å². The number of anilines is 1. The van der Waals surface area contributed by atoms with Crippen LogP contribution in [0, 0.1) is 0 Å². The second kappa shape index (κ2) is 12.3. The molecule has 0 saturated heterocycles. The third kappa shape index (κ3) is 7.13. The number of benzene rings is 2. The van der Waals surface area contributed by atoms with Crippen molar-refractivity contribution in [3.63, 3.8) is 0 Å². The van der Waals surface area contributed by atoms with Crippen molar-refractivity contribution < 1.29 is 23.9 Å². The van der Waals surface area contributed by atoms with Gasteiger partial charge in [0.2, 0.25) is 5.82 Å². The van der Waals surface area contributed by atoms with Crippen LogP contribution in [0.1, 0.15) is 42.3 Å². The molecule has 0 radical (unpaired) electrons. The first-order valence-electron chi connectivity index (χ1n) is 11.3. The number of rotatable bonds is 6. The maximum absolute atomic E-state index is 12.7. The summed E-state index contributed by atoms with van der Waals surface area (Å²) in [5.74, 6) is 0.268. The number of hydrogen-bond donors (Lipinski definition) is 2. The van der Waals surface area contributed by atoms with Gasteiger partial charge in [0.05, 0.1) is 12.3 Å². The number of aromatic amines is 1. The molecule has 184 valence electrons. The molecule has 0 fully saturated rings. The molecule has 0 spiro atoms. The van der Waals surface area contributed by atoms with E-state index in [4.69, 9.17) is 4.74 Å². The summed E-state index contributed by atoms with van der Waals surface area (Å²) in [7, 11) is 1.65. The Kier molecular flexibility index (Phi) is 8.94. The number of fused-ring (bicyclic) bond motifs is 1. The van der Waals surface area contributed by atoms with Crippen molar-refractivity contribution in [3.8, 4) is 5.75 Å². The van der Waals surface area contributed by atoms with Crippen molar-refractivity contribution in [3.05, 3.63) is 71.8 Å². The molecule has 1 atom stereocenters. The molecule has 2 N–H and O–H groups in total. The SMILES string of the molecule is CCCOC(C)=O.CN1C(=O)C(NC(=O)c2nnc(Cc3ccccc3)[nH]2)COc2ccccc21. The fraction of sp³-hybridized carbons (Fsp3) is 0.320. The third-order valence-electron chi connectivity index (χ3n) is 5.04. The van der Waals surface area contributed by atoms with Gasteiger partial charge in [0.25, 0.3) is 11.8 Å². The number of hydrogen-bond acceptors (Lipinski definition) is 7. The Labute approximate surface area is 203 Å². The number of amides is 2. The van der Waals surface area contributed by atoms with Crippen molar-refractivity contribution >= 4 is 23.5 Å². The maximum Gasteiger partial charge on any atom is 0.302 e. The van der Waals surface area contributed by atoms with Crippen LogP contribution in [-0.4, -0.2) is 59.3 Å². The summed E-state index contributed by atoms with van der Waals surface area (Å²) in [5.41, 5.74) is 1.71. The van der Waals surface area contributed by atoms with E-state index in [9.17, 15) is 14.4 Å². The lowest BCUT2D eigenvalue weighted by molar-refractivity contribution is -0.140. The number of para-hydroxylation sites is 2. The van der Waals surface area contributed by atoms with Crippen LogP contribution < -0.4 is 15.0 Å². The Bertz CT molecular complexity index is 1150. The number of nitrogens with zero attached hydrogens (tertiary/aromatic N) is 3. The van der Waals surface area contributed by atoms with Gasteiger partial charge in [0.1, 0.15) is 24.2 Å². The zero-order valence-electron chi connectivity index (χ0n) is 20.0. The van der Waals surface area contributed by atoms with E-state index in [2.05, 4.69) is 25.2 Å². The van der Waals surface area contributed by atoms with Crippen LogP contribution in [0.3, 0.4) is 0 Å². The fourth-order valence-electron chi connectivity index (χ4n) is 3.30. The highest BCUT2D eigenvalue weighted by Gasteiger charge is 2.31. The molecule has 1 aliphatic rings. The van der Waals surface area contributed by atoms with E-state index in [-0.39, 0.29) is 24.3 Å². The third-order valence-corrected chi connectivity index (χ3v) is 5.04. The number of carbonyl (C=O) groups excluding carboxylic acids is 3. The molecule has 2 amide bonds. The number of aromatic nitrogens is 3. The Morgan fingerprint density at radius 1 is 1.14 bits per heavy atom. The van der Waals surface area contributed by atoms with Gasteiger partial charge in [-0.3, -0.25) is 14.4 Å². The normalized spacial score (nSPS) is 14.5. The van der Waals surface area contributed by atoms with E-state index in [0.29, 0.717) is 30.3 Å². The summed E-state index contributed by atoms with van der Waals surface area (Å²) in [5, 5.41) is 10.6. The zero-order valence-corrected chi connectivity index (χ0v) is 20.0. The predicted octanol–water partition coefficient (Wildman–Crippen LogP) is 2.51. The molecule has 2 aromatic carbocycles. The number of H-pyrrole nitrogens is 1. The van der Waals surface area contributed by atoms with E-state index < -0.39 is 11.9 Å². The molecule has 1 unspecified atom stereocenters. The summed E-state index contributed by atoms with van der Waals surface area (Å²) >= 11 is 0. The van der Waals surface area contributed by atoms with Gasteiger partial charge in [-0.2, -0.15) is 0 Å². The summed E-state index contributed by atoms with van der Waals surface area (Å²) < 4.78 is 10.3. The molecule has 35 heavy (non-hydrogen) atoms. The smallest absolute Gasteiger partial charge is 0.302 e. The lowest BCUT2D eigenvalue weighted by atomic mass is 10.1. The minimum atomic E-state index is -0.826. The van der Waals surface area contributed by atoms with Crippen molar-refractivity contribution in [1.82, 2.24) is 20.5 Å². The second-order valence-electron chi connectivity index (χ2n) is 7.82. The molecule has 2 heterocycles. The molecule has 0 bridgehead atoms. The highest BCUT2D eigenvalue weighted by Crippen LogP contribution is 2.29. The minimum Gasteiger partial charge on any atom is -0.489 e. The van der Waals surface area contributed by atoms with Gasteiger partial charge in [-0.25, -0.2) is 0 Å². The Morgan fingerprint density at radius 3 is 2.54 bits per heavy atom. The first kappa shape index (κ1) is 25.4. The van der Waals surface area contributed by atoms with Crippen molar-refractivity contribution in [1.29, 1.82) is 0 Å². The van der Waals surface area contributed by atoms with Crippen molar-refractivity contribution in [2.24, 2.45) is 0 Å². The van der Waals surface area contributed by atoms with Crippen LogP contribution in [0.2, 0.25) is 0 Å². The summed E-state index contributed by atoms with van der Waals surface area (Å²) in [6.07, 6.45) is 1.43. The quantitative estimate of drug-likeness (QED) is 0.520. The molecule has 1 aliphatic heterocycles. The lowest BCUT2D eigenvalue weighted by Crippen LogP contribution is -2.49. The van der Waals surface area contributed by atoms with Gasteiger partial charge < -0.3 is 24.7 Å². The maximum atomic E-state index is 12.7. The monoisotopic (exact) mass is 479 g/mol. The number of esters is 1. The summed E-state index contributed by atoms with van der Waals surface area (Å²) in [6, 6.07) is 16.2. The van der Waals surface area contributed by atoms with Crippen LogP contribution in [-0.2, 0) is 20.7 Å². The Hall–Kier alpha value is -4.21. The van der Waals surface area contributed by atoms with Crippen molar-refractivity contribution in [2.75, 3.05) is 25.2 Å². The molecule has 1 aromatic heterocycles. The van der Waals surface area contributed by atoms with E-state index in [0.717, 1.165) is 12.0 Å². The summed E-state index contributed by atoms with van der Waals surface area (Å²) in [4.78, 5) is 39.6. The number of ether oxygens (including phenoxy) is 2. The van der Waals surface area contributed by atoms with Gasteiger partial charge in [0, 0.05) is 20.4 Å². The van der Waals surface area contributed by atoms with Crippen LogP contribution in [0.15, 0.2) is 54.6 Å². The lowest BCUT2D eigenvalue weighted by Gasteiger charge is -2.19. The average Bonchev–Trinajstić information content (AvgIpc) is 3.30. The average molecular weight is 480 g/mol. The van der Waals surface area contributed by atoms with Gasteiger partial charge >= 0.3 is 5.97 Å². The molecule has 10 heteroatoms. The number of nitrogens with one attached hydrogen (secondary N) is 2. The standard InChI is InChI=1S/C20H19N5O3.C5H10O2/c1-25-15-9-5-6-10-16(15)28-12-14(20(25)27)21-19(26)18-22-17(23-24-18)11-13-7-3-2-4-8-13;1-3-4-7-5(2)6/h2-10,14H,11-12H2,1H3,(H,21,26)(H,22,23,24);3-4H2,1-2H3. The minimum absolute atomic E-state index is 0.0386. The van der Waals surface area contributed by atoms with Gasteiger partial charge in [-0.05, 0) is 24.1 Å². The fourth-order valence-corrected chi connectivity index (χ4v) is 3.30. The molecule has 0 saturated carbocycles. The first-order valence-corrected chi connectivity index (χ1v) is 11.3. The van der Waals surface area contributed by atoms with E-state index in [1.165, 1.54) is 11.8 Å². The highest BCUT2D eigenvalue weighted by molar-refractivity contribution is 6.02. The topological polar surface area (TPSA) is 127 Å². The Balaban J connectivity index is 0.000000429. The first-order chi connectivity index (χ1) is 16.9. The van der Waals surface area contributed by atoms with Gasteiger partial charge in [-0.15, -0.1) is 10.2 Å². The molecule has 10 nitrogen and oxygen atoms in total. The zero-order chi connectivity index (χ0) is 25.2. The van der Waals surface area contributed by atoms with E-state index in [1.54, 1.807) is 19.2 Å². The molecular weight excluding hydrogens is 450 g/mol.